The summed E-state index contributed by atoms with van der Waals surface area (Å²) in [6, 6.07) is 11.8. The lowest BCUT2D eigenvalue weighted by molar-refractivity contribution is 0.211. The van der Waals surface area contributed by atoms with Crippen LogP contribution in [0.2, 0.25) is 0 Å². The number of anilines is 1. The fourth-order valence-electron chi connectivity index (χ4n) is 1.83. The average Bonchev–Trinajstić information content (AvgIpc) is 2.93. The Morgan fingerprint density at radius 1 is 1.21 bits per heavy atom. The highest BCUT2D eigenvalue weighted by molar-refractivity contribution is 7.09. The van der Waals surface area contributed by atoms with Crippen molar-refractivity contribution in [2.45, 2.75) is 13.5 Å². The predicted molar refractivity (Wildman–Crippen MR) is 81.6 cm³/mol. The second-order valence-corrected chi connectivity index (χ2v) is 5.40. The van der Waals surface area contributed by atoms with E-state index in [2.05, 4.69) is 29.3 Å². The molecule has 0 saturated carbocycles. The highest BCUT2D eigenvalue weighted by Crippen LogP contribution is 2.14. The molecule has 0 unspecified atom stereocenters. The Morgan fingerprint density at radius 3 is 2.63 bits per heavy atom. The minimum atomic E-state index is 0.698. The largest absolute Gasteiger partial charge is 0.492 e. The zero-order valence-electron chi connectivity index (χ0n) is 11.2. The molecule has 3 nitrogen and oxygen atoms in total. The number of thiophene rings is 1. The lowest BCUT2D eigenvalue weighted by atomic mass is 10.3. The first-order chi connectivity index (χ1) is 9.28. The van der Waals surface area contributed by atoms with E-state index < -0.39 is 0 Å². The quantitative estimate of drug-likeness (QED) is 0.789. The van der Waals surface area contributed by atoms with Crippen LogP contribution in [0, 0.1) is 0 Å². The van der Waals surface area contributed by atoms with Crippen molar-refractivity contribution < 1.29 is 4.74 Å². The van der Waals surface area contributed by atoms with Crippen molar-refractivity contribution in [3.8, 4) is 5.75 Å². The van der Waals surface area contributed by atoms with Crippen LogP contribution < -0.4 is 10.5 Å². The van der Waals surface area contributed by atoms with Crippen molar-refractivity contribution in [3.63, 3.8) is 0 Å². The van der Waals surface area contributed by atoms with Gasteiger partial charge in [0.1, 0.15) is 12.4 Å². The molecule has 1 aromatic carbocycles. The number of ether oxygens (including phenoxy) is 1. The molecule has 1 aromatic heterocycles. The van der Waals surface area contributed by atoms with Crippen LogP contribution in [-0.2, 0) is 6.54 Å². The van der Waals surface area contributed by atoms with E-state index in [1.807, 2.05) is 24.3 Å². The summed E-state index contributed by atoms with van der Waals surface area (Å²) in [5, 5.41) is 2.12. The van der Waals surface area contributed by atoms with Crippen LogP contribution in [-0.4, -0.2) is 24.6 Å². The van der Waals surface area contributed by atoms with Gasteiger partial charge in [-0.05, 0) is 42.3 Å². The maximum Gasteiger partial charge on any atom is 0.119 e. The van der Waals surface area contributed by atoms with Crippen molar-refractivity contribution in [2.75, 3.05) is 25.4 Å². The van der Waals surface area contributed by atoms with E-state index in [4.69, 9.17) is 10.5 Å². The van der Waals surface area contributed by atoms with Gasteiger partial charge in [0.25, 0.3) is 0 Å². The van der Waals surface area contributed by atoms with E-state index >= 15 is 0 Å². The zero-order valence-corrected chi connectivity index (χ0v) is 12.0. The van der Waals surface area contributed by atoms with Gasteiger partial charge in [-0.15, -0.1) is 11.3 Å². The van der Waals surface area contributed by atoms with Gasteiger partial charge in [0, 0.05) is 23.7 Å². The standard InChI is InChI=1S/C15H20N2OS/c1-2-17(12-15-4-3-11-19-15)9-10-18-14-7-5-13(16)6-8-14/h3-8,11H,2,9-10,12,16H2,1H3. The first-order valence-electron chi connectivity index (χ1n) is 6.51. The summed E-state index contributed by atoms with van der Waals surface area (Å²) in [4.78, 5) is 3.78. The molecule has 0 atom stereocenters. The molecule has 0 spiro atoms. The number of hydrogen-bond donors (Lipinski definition) is 1. The Kier molecular flexibility index (Phi) is 5.24. The van der Waals surface area contributed by atoms with Crippen molar-refractivity contribution in [3.05, 3.63) is 46.7 Å². The normalized spacial score (nSPS) is 10.8. The van der Waals surface area contributed by atoms with Crippen LogP contribution in [0.25, 0.3) is 0 Å². The summed E-state index contributed by atoms with van der Waals surface area (Å²) in [6.07, 6.45) is 0. The lowest BCUT2D eigenvalue weighted by Gasteiger charge is -2.19. The molecule has 4 heteroatoms. The number of likely N-dealkylation sites (N-methyl/N-ethyl adjacent to an activating group) is 1. The van der Waals surface area contributed by atoms with Crippen LogP contribution in [0.4, 0.5) is 5.69 Å². The minimum absolute atomic E-state index is 0.698. The molecule has 0 radical (unpaired) electrons. The molecular formula is C15H20N2OS. The number of rotatable bonds is 7. The fourth-order valence-corrected chi connectivity index (χ4v) is 2.57. The molecule has 2 aromatic rings. The minimum Gasteiger partial charge on any atom is -0.492 e. The molecular weight excluding hydrogens is 256 g/mol. The highest BCUT2D eigenvalue weighted by Gasteiger charge is 2.04. The van der Waals surface area contributed by atoms with Gasteiger partial charge in [0.15, 0.2) is 0 Å². The number of nitrogens with zero attached hydrogens (tertiary/aromatic N) is 1. The first kappa shape index (κ1) is 13.9. The molecule has 102 valence electrons. The van der Waals surface area contributed by atoms with Gasteiger partial charge in [-0.3, -0.25) is 4.90 Å². The number of hydrogen-bond acceptors (Lipinski definition) is 4. The number of nitrogens with two attached hydrogens (primary N) is 1. The third-order valence-electron chi connectivity index (χ3n) is 2.96. The van der Waals surface area contributed by atoms with E-state index in [0.29, 0.717) is 6.61 Å². The molecule has 1 heterocycles. The van der Waals surface area contributed by atoms with Gasteiger partial charge in [0.05, 0.1) is 0 Å². The van der Waals surface area contributed by atoms with E-state index in [1.165, 1.54) is 4.88 Å². The molecule has 0 aliphatic carbocycles. The van der Waals surface area contributed by atoms with Crippen molar-refractivity contribution in [1.29, 1.82) is 0 Å². The van der Waals surface area contributed by atoms with Crippen molar-refractivity contribution >= 4 is 17.0 Å². The van der Waals surface area contributed by atoms with Crippen LogP contribution >= 0.6 is 11.3 Å². The molecule has 0 saturated heterocycles. The van der Waals surface area contributed by atoms with Gasteiger partial charge in [-0.25, -0.2) is 0 Å². The Labute approximate surface area is 118 Å². The number of nitrogen functional groups attached to an aromatic ring is 1. The molecule has 19 heavy (non-hydrogen) atoms. The Balaban J connectivity index is 1.75. The molecule has 0 bridgehead atoms. The summed E-state index contributed by atoms with van der Waals surface area (Å²) < 4.78 is 5.72. The van der Waals surface area contributed by atoms with Gasteiger partial charge >= 0.3 is 0 Å². The zero-order chi connectivity index (χ0) is 13.5. The monoisotopic (exact) mass is 276 g/mol. The van der Waals surface area contributed by atoms with Crippen molar-refractivity contribution in [2.24, 2.45) is 0 Å². The Bertz CT molecular complexity index is 467. The summed E-state index contributed by atoms with van der Waals surface area (Å²) in [5.41, 5.74) is 6.40. The number of benzene rings is 1. The summed E-state index contributed by atoms with van der Waals surface area (Å²) in [7, 11) is 0. The van der Waals surface area contributed by atoms with Gasteiger partial charge in [-0.2, -0.15) is 0 Å². The third kappa shape index (κ3) is 4.58. The second-order valence-electron chi connectivity index (χ2n) is 4.37. The Morgan fingerprint density at radius 2 is 2.00 bits per heavy atom. The molecule has 2 N–H and O–H groups in total. The van der Waals surface area contributed by atoms with Gasteiger partial charge < -0.3 is 10.5 Å². The molecule has 0 amide bonds. The van der Waals surface area contributed by atoms with E-state index in [9.17, 15) is 0 Å². The molecule has 0 aliphatic rings. The van der Waals surface area contributed by atoms with Gasteiger partial charge in [0.2, 0.25) is 0 Å². The predicted octanol–water partition coefficient (Wildman–Crippen LogP) is 3.23. The average molecular weight is 276 g/mol. The Hall–Kier alpha value is -1.52. The van der Waals surface area contributed by atoms with E-state index in [-0.39, 0.29) is 0 Å². The van der Waals surface area contributed by atoms with Gasteiger partial charge in [-0.1, -0.05) is 13.0 Å². The smallest absolute Gasteiger partial charge is 0.119 e. The molecule has 2 rings (SSSR count). The summed E-state index contributed by atoms with van der Waals surface area (Å²) >= 11 is 1.80. The fraction of sp³-hybridized carbons (Fsp3) is 0.333. The third-order valence-corrected chi connectivity index (χ3v) is 3.82. The van der Waals surface area contributed by atoms with E-state index in [1.54, 1.807) is 11.3 Å². The van der Waals surface area contributed by atoms with Crippen LogP contribution in [0.5, 0.6) is 5.75 Å². The SMILES string of the molecule is CCN(CCOc1ccc(N)cc1)Cc1cccs1. The van der Waals surface area contributed by atoms with Crippen LogP contribution in [0.15, 0.2) is 41.8 Å². The van der Waals surface area contributed by atoms with Crippen molar-refractivity contribution in [1.82, 2.24) is 4.90 Å². The first-order valence-corrected chi connectivity index (χ1v) is 7.39. The van der Waals surface area contributed by atoms with Crippen LogP contribution in [0.3, 0.4) is 0 Å². The second kappa shape index (κ2) is 7.16. The summed E-state index contributed by atoms with van der Waals surface area (Å²) in [6.45, 7) is 5.83. The molecule has 0 aliphatic heterocycles. The topological polar surface area (TPSA) is 38.5 Å². The maximum absolute atomic E-state index is 5.72. The lowest BCUT2D eigenvalue weighted by Crippen LogP contribution is -2.27. The van der Waals surface area contributed by atoms with E-state index in [0.717, 1.165) is 31.1 Å². The highest BCUT2D eigenvalue weighted by atomic mass is 32.1. The van der Waals surface area contributed by atoms with Crippen LogP contribution in [0.1, 0.15) is 11.8 Å². The summed E-state index contributed by atoms with van der Waals surface area (Å²) in [5.74, 6) is 0.876. The maximum atomic E-state index is 5.72. The molecule has 0 fully saturated rings.